The van der Waals surface area contributed by atoms with Gasteiger partial charge >= 0.3 is 18.9 Å². The van der Waals surface area contributed by atoms with Gasteiger partial charge < -0.3 is 33.0 Å². The molecule has 0 saturated carbocycles. The summed E-state index contributed by atoms with van der Waals surface area (Å²) >= 11 is 0. The first kappa shape index (κ1) is 31.0. The average molecular weight is 609 g/mol. The number of carboxylic acids is 2. The summed E-state index contributed by atoms with van der Waals surface area (Å²) in [5.74, 6) is -4.68. The number of anilines is 1. The zero-order valence-electron chi connectivity index (χ0n) is 25.6. The molecule has 13 heteroatoms. The van der Waals surface area contributed by atoms with Crippen molar-refractivity contribution in [3.05, 3.63) is 69.2 Å². The number of rotatable bonds is 9. The van der Waals surface area contributed by atoms with Crippen molar-refractivity contribution in [2.24, 2.45) is 5.92 Å². The normalized spacial score (nSPS) is 20.0. The average Bonchev–Trinajstić information content (AvgIpc) is 3.50. The number of aliphatic carboxylic acids is 2. The zero-order chi connectivity index (χ0) is 32.4. The van der Waals surface area contributed by atoms with E-state index in [0.717, 1.165) is 19.9 Å². The van der Waals surface area contributed by atoms with E-state index in [1.165, 1.54) is 6.92 Å². The summed E-state index contributed by atoms with van der Waals surface area (Å²) in [6.45, 7) is 1.47. The van der Waals surface area contributed by atoms with Crippen LogP contribution in [-0.4, -0.2) is 81.8 Å². The monoisotopic (exact) mass is 609 g/mol. The number of carbonyl (C=O) groups excluding carboxylic acids is 2. The molecule has 3 aliphatic heterocycles. The molecule has 4 heterocycles. The van der Waals surface area contributed by atoms with Crippen molar-refractivity contribution in [2.45, 2.75) is 59.4 Å². The Labute approximate surface area is 254 Å². The van der Waals surface area contributed by atoms with Crippen LogP contribution in [0.2, 0.25) is 0 Å². The molecule has 0 spiro atoms. The summed E-state index contributed by atoms with van der Waals surface area (Å²) < 4.78 is 34.9. The SMILES string of the molecule is CC1=C(C(CN2C(=O)CCC2=O)C(=O)O)C(C)N2C1=C(c1ccc(N(C)C)cc1)c1c(C)c(CCC(=O)O)c(C)n1[B-]2(F)F. The second-order valence-electron chi connectivity index (χ2n) is 12.0. The van der Waals surface area contributed by atoms with Crippen molar-refractivity contribution in [3.63, 3.8) is 0 Å². The van der Waals surface area contributed by atoms with Crippen LogP contribution in [0.5, 0.6) is 0 Å². The Morgan fingerprint density at radius 2 is 1.64 bits per heavy atom. The number of likely N-dealkylation sites (tertiary alicyclic amines) is 1. The molecule has 2 atom stereocenters. The largest absolute Gasteiger partial charge is 0.529 e. The highest BCUT2D eigenvalue weighted by Crippen LogP contribution is 2.52. The van der Waals surface area contributed by atoms with E-state index in [1.807, 2.05) is 43.3 Å². The molecule has 0 aliphatic carbocycles. The third-order valence-electron chi connectivity index (χ3n) is 9.33. The molecule has 234 valence electrons. The fourth-order valence-electron chi connectivity index (χ4n) is 7.24. The van der Waals surface area contributed by atoms with Crippen molar-refractivity contribution < 1.29 is 38.0 Å². The predicted octanol–water partition coefficient (Wildman–Crippen LogP) is 4.05. The van der Waals surface area contributed by atoms with Gasteiger partial charge in [-0.1, -0.05) is 12.1 Å². The number of halogens is 2. The zero-order valence-corrected chi connectivity index (χ0v) is 25.6. The Morgan fingerprint density at radius 3 is 2.16 bits per heavy atom. The minimum Gasteiger partial charge on any atom is -0.481 e. The van der Waals surface area contributed by atoms with Crippen LogP contribution in [0, 0.1) is 19.8 Å². The van der Waals surface area contributed by atoms with Gasteiger partial charge in [0, 0.05) is 68.6 Å². The van der Waals surface area contributed by atoms with Crippen LogP contribution < -0.4 is 4.90 Å². The maximum Gasteiger partial charge on any atom is 0.529 e. The van der Waals surface area contributed by atoms with Gasteiger partial charge in [-0.25, -0.2) is 0 Å². The maximum atomic E-state index is 17.0. The fourth-order valence-corrected chi connectivity index (χ4v) is 7.24. The van der Waals surface area contributed by atoms with E-state index in [2.05, 4.69) is 0 Å². The first-order valence-corrected chi connectivity index (χ1v) is 14.6. The molecule has 10 nitrogen and oxygen atoms in total. The van der Waals surface area contributed by atoms with E-state index in [9.17, 15) is 29.4 Å². The standard InChI is InChI=1S/C31H36BF2N4O6/c1-16-22(11-14-26(41)42)18(3)37-29(16)28(20-7-9-21(10-8-20)35(5)6)30-17(2)27(19(4)38(30)32(37,33)34)23(31(43)44)15-36-24(39)12-13-25(36)40/h7-10,19,23H,11-15H2,1-6H3,(H,41,42)(H,43,44)/q-1. The summed E-state index contributed by atoms with van der Waals surface area (Å²) in [6.07, 6.45) is -0.161. The third kappa shape index (κ3) is 4.69. The van der Waals surface area contributed by atoms with Gasteiger partial charge in [0.25, 0.3) is 0 Å². The summed E-state index contributed by atoms with van der Waals surface area (Å²) in [7, 11) is 3.77. The number of hydrogen-bond donors (Lipinski definition) is 2. The lowest BCUT2D eigenvalue weighted by Crippen LogP contribution is -2.58. The molecule has 2 N–H and O–H groups in total. The second-order valence-corrected chi connectivity index (χ2v) is 12.0. The molecule has 3 aliphatic rings. The number of carboxylic acid groups (broad SMARTS) is 2. The summed E-state index contributed by atoms with van der Waals surface area (Å²) in [5.41, 5.74) is 4.39. The van der Waals surface area contributed by atoms with E-state index in [4.69, 9.17) is 0 Å². The number of allylic oxidation sites excluding steroid dienone is 1. The molecule has 0 bridgehead atoms. The molecule has 2 amide bonds. The molecule has 44 heavy (non-hydrogen) atoms. The van der Waals surface area contributed by atoms with Crippen LogP contribution in [0.4, 0.5) is 14.3 Å². The van der Waals surface area contributed by atoms with E-state index in [-0.39, 0.29) is 48.3 Å². The van der Waals surface area contributed by atoms with Crippen LogP contribution in [0.25, 0.3) is 5.57 Å². The number of hydrogen-bond acceptors (Lipinski definition) is 6. The van der Waals surface area contributed by atoms with Gasteiger partial charge in [0.1, 0.15) is 0 Å². The highest BCUT2D eigenvalue weighted by atomic mass is 19.2. The molecule has 2 unspecified atom stereocenters. The van der Waals surface area contributed by atoms with Gasteiger partial charge in [-0.2, -0.15) is 0 Å². The van der Waals surface area contributed by atoms with Crippen molar-refractivity contribution in [3.8, 4) is 0 Å². The molecular weight excluding hydrogens is 573 g/mol. The Bertz CT molecular complexity index is 1640. The van der Waals surface area contributed by atoms with Crippen molar-refractivity contribution in [1.29, 1.82) is 0 Å². The van der Waals surface area contributed by atoms with Crippen LogP contribution >= 0.6 is 0 Å². The van der Waals surface area contributed by atoms with E-state index < -0.39 is 49.2 Å². The topological polar surface area (TPSA) is 123 Å². The Balaban J connectivity index is 1.79. The lowest BCUT2D eigenvalue weighted by Gasteiger charge is -2.49. The summed E-state index contributed by atoms with van der Waals surface area (Å²) in [5, 5.41) is 19.7. The van der Waals surface area contributed by atoms with Gasteiger partial charge in [-0.15, -0.1) is 0 Å². The lowest BCUT2D eigenvalue weighted by molar-refractivity contribution is -0.144. The van der Waals surface area contributed by atoms with Crippen LogP contribution in [-0.2, 0) is 25.6 Å². The van der Waals surface area contributed by atoms with Gasteiger partial charge in [0.15, 0.2) is 0 Å². The highest BCUT2D eigenvalue weighted by Gasteiger charge is 2.53. The molecule has 1 aromatic carbocycles. The Morgan fingerprint density at radius 1 is 1.05 bits per heavy atom. The quantitative estimate of drug-likeness (QED) is 0.323. The molecule has 0 radical (unpaired) electrons. The number of fused-ring (bicyclic) bond motifs is 2. The van der Waals surface area contributed by atoms with Crippen molar-refractivity contribution in [1.82, 2.24) is 14.2 Å². The molecule has 5 rings (SSSR count). The molecule has 2 aromatic rings. The Kier molecular flexibility index (Phi) is 7.71. The minimum atomic E-state index is -4.53. The molecular formula is C31H36BF2N4O6-. The summed E-state index contributed by atoms with van der Waals surface area (Å²) in [4.78, 5) is 52.8. The van der Waals surface area contributed by atoms with E-state index in [1.54, 1.807) is 20.8 Å². The smallest absolute Gasteiger partial charge is 0.481 e. The molecule has 1 aromatic heterocycles. The van der Waals surface area contributed by atoms with Crippen LogP contribution in [0.1, 0.15) is 61.2 Å². The third-order valence-corrected chi connectivity index (χ3v) is 9.33. The second kappa shape index (κ2) is 10.9. The van der Waals surface area contributed by atoms with Crippen molar-refractivity contribution in [2.75, 3.05) is 25.5 Å². The van der Waals surface area contributed by atoms with Gasteiger partial charge in [0.05, 0.1) is 5.92 Å². The number of aromatic nitrogens is 1. The number of carbonyl (C=O) groups is 4. The number of imide groups is 1. The summed E-state index contributed by atoms with van der Waals surface area (Å²) in [6, 6.07) is 6.33. The maximum absolute atomic E-state index is 17.0. The van der Waals surface area contributed by atoms with Gasteiger partial charge in [0.2, 0.25) is 11.8 Å². The number of benzene rings is 1. The number of nitrogens with zero attached hydrogens (tertiary/aromatic N) is 4. The molecule has 1 fully saturated rings. The fraction of sp³-hybridized carbons (Fsp3) is 0.419. The molecule has 1 saturated heterocycles. The Hall–Kier alpha value is -4.42. The lowest BCUT2D eigenvalue weighted by atomic mass is 9.82. The highest BCUT2D eigenvalue weighted by molar-refractivity contribution is 6.63. The van der Waals surface area contributed by atoms with E-state index >= 15 is 8.63 Å². The minimum absolute atomic E-state index is 0.0114. The number of amides is 2. The van der Waals surface area contributed by atoms with Crippen LogP contribution in [0.3, 0.4) is 0 Å². The first-order valence-electron chi connectivity index (χ1n) is 14.6. The van der Waals surface area contributed by atoms with Crippen molar-refractivity contribution >= 4 is 42.0 Å². The van der Waals surface area contributed by atoms with Gasteiger partial charge in [-0.3, -0.25) is 24.1 Å². The first-order chi connectivity index (χ1) is 20.6. The van der Waals surface area contributed by atoms with E-state index in [0.29, 0.717) is 27.8 Å². The predicted molar refractivity (Wildman–Crippen MR) is 161 cm³/mol. The van der Waals surface area contributed by atoms with Crippen LogP contribution in [0.15, 0.2) is 41.1 Å². The van der Waals surface area contributed by atoms with Gasteiger partial charge in [-0.05, 0) is 79.8 Å².